The van der Waals surface area contributed by atoms with Crippen molar-refractivity contribution < 1.29 is 14.3 Å². The Morgan fingerprint density at radius 1 is 1.07 bits per heavy atom. The van der Waals surface area contributed by atoms with Gasteiger partial charge in [-0.2, -0.15) is 0 Å². The van der Waals surface area contributed by atoms with Crippen molar-refractivity contribution in [3.8, 4) is 0 Å². The van der Waals surface area contributed by atoms with Crippen LogP contribution in [0.15, 0.2) is 4.99 Å². The molecule has 0 fully saturated rings. The zero-order valence-corrected chi connectivity index (χ0v) is 19.0. The van der Waals surface area contributed by atoms with E-state index in [9.17, 15) is 9.59 Å². The lowest BCUT2D eigenvalue weighted by atomic mass is 9.93. The van der Waals surface area contributed by atoms with E-state index in [1.807, 2.05) is 48.5 Å². The third kappa shape index (κ3) is 11.0. The summed E-state index contributed by atoms with van der Waals surface area (Å²) < 4.78 is 5.39. The molecule has 4 N–H and O–H groups in total. The molecule has 0 radical (unpaired) electrons. The summed E-state index contributed by atoms with van der Waals surface area (Å²) in [7, 11) is 1.68. The van der Waals surface area contributed by atoms with Crippen LogP contribution in [0.25, 0.3) is 0 Å². The van der Waals surface area contributed by atoms with E-state index < -0.39 is 17.2 Å². The summed E-state index contributed by atoms with van der Waals surface area (Å²) in [6.45, 7) is 14.6. The van der Waals surface area contributed by atoms with E-state index in [1.54, 1.807) is 7.05 Å². The van der Waals surface area contributed by atoms with Crippen LogP contribution in [0.3, 0.4) is 0 Å². The second-order valence-corrected chi connectivity index (χ2v) is 8.09. The molecule has 2 amide bonds. The Bertz CT molecular complexity index is 510. The average Bonchev–Trinajstić information content (AvgIpc) is 2.61. The zero-order valence-electron chi connectivity index (χ0n) is 19.0. The highest BCUT2D eigenvalue weighted by atomic mass is 16.6. The van der Waals surface area contributed by atoms with E-state index in [4.69, 9.17) is 4.74 Å². The van der Waals surface area contributed by atoms with Crippen molar-refractivity contribution in [2.24, 2.45) is 4.99 Å². The molecule has 1 unspecified atom stereocenters. The highest BCUT2D eigenvalue weighted by Gasteiger charge is 2.30. The highest BCUT2D eigenvalue weighted by Crippen LogP contribution is 2.16. The quantitative estimate of drug-likeness (QED) is 0.334. The van der Waals surface area contributed by atoms with Gasteiger partial charge in [-0.3, -0.25) is 9.79 Å². The second kappa shape index (κ2) is 12.5. The summed E-state index contributed by atoms with van der Waals surface area (Å²) in [5.41, 5.74) is -0.994. The van der Waals surface area contributed by atoms with Gasteiger partial charge in [0.2, 0.25) is 5.91 Å². The fourth-order valence-electron chi connectivity index (χ4n) is 2.46. The Morgan fingerprint density at radius 2 is 1.68 bits per heavy atom. The van der Waals surface area contributed by atoms with Crippen molar-refractivity contribution in [1.82, 2.24) is 21.3 Å². The van der Waals surface area contributed by atoms with Gasteiger partial charge in [0.1, 0.15) is 5.60 Å². The first-order valence-electron chi connectivity index (χ1n) is 10.3. The van der Waals surface area contributed by atoms with E-state index in [1.165, 1.54) is 0 Å². The Morgan fingerprint density at radius 3 is 2.14 bits per heavy atom. The number of ether oxygens (including phenoxy) is 1. The molecule has 0 aromatic heterocycles. The molecule has 8 nitrogen and oxygen atoms in total. The standard InChI is InChI=1S/C20H41N5O3/c1-9-15(4)24-16(26)12-13-22-17(21-8)23-14-20(10-2,11-3)25-18(27)28-19(5,6)7/h15H,9-14H2,1-8H3,(H,24,26)(H,25,27)(H2,21,22,23). The van der Waals surface area contributed by atoms with Crippen LogP contribution >= 0.6 is 0 Å². The number of aliphatic imine (C=N–C) groups is 1. The van der Waals surface area contributed by atoms with Crippen molar-refractivity contribution >= 4 is 18.0 Å². The third-order valence-electron chi connectivity index (χ3n) is 4.60. The Labute approximate surface area is 170 Å². The van der Waals surface area contributed by atoms with Crippen molar-refractivity contribution in [1.29, 1.82) is 0 Å². The maximum absolute atomic E-state index is 12.2. The van der Waals surface area contributed by atoms with Gasteiger partial charge in [0.25, 0.3) is 0 Å². The maximum Gasteiger partial charge on any atom is 0.408 e. The first-order valence-corrected chi connectivity index (χ1v) is 10.3. The Balaban J connectivity index is 4.61. The van der Waals surface area contributed by atoms with Crippen molar-refractivity contribution in [2.45, 2.75) is 91.3 Å². The monoisotopic (exact) mass is 399 g/mol. The van der Waals surface area contributed by atoms with Crippen LogP contribution in [0.5, 0.6) is 0 Å². The number of carbonyl (C=O) groups excluding carboxylic acids is 2. The summed E-state index contributed by atoms with van der Waals surface area (Å²) in [5.74, 6) is 0.606. The Kier molecular flexibility index (Phi) is 11.6. The van der Waals surface area contributed by atoms with E-state index in [0.717, 1.165) is 19.3 Å². The predicted molar refractivity (Wildman–Crippen MR) is 115 cm³/mol. The molecule has 28 heavy (non-hydrogen) atoms. The highest BCUT2D eigenvalue weighted by molar-refractivity contribution is 5.81. The van der Waals surface area contributed by atoms with Crippen LogP contribution in [0.4, 0.5) is 4.79 Å². The van der Waals surface area contributed by atoms with Crippen LogP contribution in [0.1, 0.15) is 74.1 Å². The van der Waals surface area contributed by atoms with Crippen LogP contribution < -0.4 is 21.3 Å². The van der Waals surface area contributed by atoms with Gasteiger partial charge in [-0.15, -0.1) is 0 Å². The number of hydrogen-bond acceptors (Lipinski definition) is 4. The molecule has 164 valence electrons. The SMILES string of the molecule is CCC(C)NC(=O)CCNC(=NC)NCC(CC)(CC)NC(=O)OC(C)(C)C. The lowest BCUT2D eigenvalue weighted by Crippen LogP contribution is -2.57. The fourth-order valence-corrected chi connectivity index (χ4v) is 2.46. The van der Waals surface area contributed by atoms with Crippen molar-refractivity contribution in [3.63, 3.8) is 0 Å². The van der Waals surface area contributed by atoms with Crippen LogP contribution in [0.2, 0.25) is 0 Å². The van der Waals surface area contributed by atoms with Gasteiger partial charge >= 0.3 is 6.09 Å². The molecular weight excluding hydrogens is 358 g/mol. The summed E-state index contributed by atoms with van der Waals surface area (Å²) >= 11 is 0. The topological polar surface area (TPSA) is 104 Å². The minimum atomic E-state index is -0.543. The molecule has 8 heteroatoms. The molecule has 0 aliphatic carbocycles. The summed E-state index contributed by atoms with van der Waals surface area (Å²) in [5, 5.41) is 12.3. The summed E-state index contributed by atoms with van der Waals surface area (Å²) in [6, 6.07) is 0.179. The van der Waals surface area contributed by atoms with E-state index >= 15 is 0 Å². The number of hydrogen-bond donors (Lipinski definition) is 4. The van der Waals surface area contributed by atoms with Crippen LogP contribution in [-0.4, -0.2) is 55.3 Å². The number of carbonyl (C=O) groups is 2. The minimum Gasteiger partial charge on any atom is -0.444 e. The largest absolute Gasteiger partial charge is 0.444 e. The molecule has 1 atom stereocenters. The zero-order chi connectivity index (χ0) is 21.8. The number of alkyl carbamates (subject to hydrolysis) is 1. The normalized spacial score (nSPS) is 13.5. The molecule has 0 saturated carbocycles. The number of nitrogens with one attached hydrogen (secondary N) is 4. The number of guanidine groups is 1. The molecule has 0 saturated heterocycles. The number of rotatable bonds is 10. The van der Waals surface area contributed by atoms with Gasteiger partial charge in [-0.25, -0.2) is 4.79 Å². The van der Waals surface area contributed by atoms with Gasteiger partial charge in [0.15, 0.2) is 5.96 Å². The molecule has 0 bridgehead atoms. The molecule has 0 aromatic carbocycles. The maximum atomic E-state index is 12.2. The lowest BCUT2D eigenvalue weighted by Gasteiger charge is -2.34. The molecular formula is C20H41N5O3. The molecule has 0 rings (SSSR count). The van der Waals surface area contributed by atoms with E-state index in [0.29, 0.717) is 25.5 Å². The van der Waals surface area contributed by atoms with E-state index in [-0.39, 0.29) is 11.9 Å². The lowest BCUT2D eigenvalue weighted by molar-refractivity contribution is -0.121. The molecule has 0 heterocycles. The third-order valence-corrected chi connectivity index (χ3v) is 4.60. The average molecular weight is 400 g/mol. The smallest absolute Gasteiger partial charge is 0.408 e. The summed E-state index contributed by atoms with van der Waals surface area (Å²) in [4.78, 5) is 28.3. The van der Waals surface area contributed by atoms with Crippen LogP contribution in [0, 0.1) is 0 Å². The van der Waals surface area contributed by atoms with Crippen molar-refractivity contribution in [2.75, 3.05) is 20.1 Å². The second-order valence-electron chi connectivity index (χ2n) is 8.09. The van der Waals surface area contributed by atoms with Gasteiger partial charge in [-0.1, -0.05) is 20.8 Å². The summed E-state index contributed by atoms with van der Waals surface area (Å²) in [6.07, 6.45) is 2.33. The van der Waals surface area contributed by atoms with Gasteiger partial charge in [0, 0.05) is 32.6 Å². The molecule has 0 spiro atoms. The van der Waals surface area contributed by atoms with Gasteiger partial charge in [0.05, 0.1) is 5.54 Å². The molecule has 0 aliphatic rings. The first kappa shape index (κ1) is 26.0. The van der Waals surface area contributed by atoms with E-state index in [2.05, 4.69) is 26.3 Å². The van der Waals surface area contributed by atoms with Gasteiger partial charge in [-0.05, 0) is 47.0 Å². The Hall–Kier alpha value is -1.99. The van der Waals surface area contributed by atoms with Crippen LogP contribution in [-0.2, 0) is 9.53 Å². The number of amides is 2. The molecule has 0 aliphatic heterocycles. The fraction of sp³-hybridized carbons (Fsp3) is 0.850. The minimum absolute atomic E-state index is 0.0142. The van der Waals surface area contributed by atoms with Gasteiger partial charge < -0.3 is 26.0 Å². The predicted octanol–water partition coefficient (Wildman–Crippen LogP) is 2.54. The van der Waals surface area contributed by atoms with Crippen molar-refractivity contribution in [3.05, 3.63) is 0 Å². The molecule has 0 aromatic rings. The number of nitrogens with zero attached hydrogens (tertiary/aromatic N) is 1. The first-order chi connectivity index (χ1) is 13.0.